The number of hydrogen-bond donors (Lipinski definition) is 1. The molecule has 2 amide bonds. The molecule has 2 aromatic carbocycles. The highest BCUT2D eigenvalue weighted by molar-refractivity contribution is 7.70. The summed E-state index contributed by atoms with van der Waals surface area (Å²) in [4.78, 5) is 25.8. The number of hydrogen-bond acceptors (Lipinski definition) is 4. The third-order valence-corrected chi connectivity index (χ3v) is 6.56. The third-order valence-electron chi connectivity index (χ3n) is 5.01. The summed E-state index contributed by atoms with van der Waals surface area (Å²) in [5.74, 6) is -2.94. The summed E-state index contributed by atoms with van der Waals surface area (Å²) in [6.07, 6.45) is -1.66. The van der Waals surface area contributed by atoms with Crippen LogP contribution in [0.5, 0.6) is 0 Å². The van der Waals surface area contributed by atoms with Crippen LogP contribution >= 0.6 is 7.14 Å². The zero-order chi connectivity index (χ0) is 23.8. The van der Waals surface area contributed by atoms with Crippen molar-refractivity contribution in [1.29, 1.82) is 0 Å². The number of anilines is 1. The molecule has 0 aromatic heterocycles. The average Bonchev–Trinajstić information content (AvgIpc) is 3.02. The van der Waals surface area contributed by atoms with E-state index in [2.05, 4.69) is 5.32 Å². The van der Waals surface area contributed by atoms with Crippen LogP contribution in [0.15, 0.2) is 36.4 Å². The Balaban J connectivity index is 1.88. The van der Waals surface area contributed by atoms with Crippen LogP contribution in [0.2, 0.25) is 0 Å². The van der Waals surface area contributed by atoms with Crippen molar-refractivity contribution in [3.63, 3.8) is 0 Å². The van der Waals surface area contributed by atoms with Gasteiger partial charge in [0.05, 0.1) is 5.69 Å². The predicted octanol–water partition coefficient (Wildman–Crippen LogP) is 4.51. The maximum atomic E-state index is 15.1. The Morgan fingerprint density at radius 1 is 1.09 bits per heavy atom. The second-order valence-corrected chi connectivity index (χ2v) is 12.4. The molecular formula is C23H27F2N2O4P. The molecule has 3 rings (SSSR count). The lowest BCUT2D eigenvalue weighted by Gasteiger charge is -2.22. The molecule has 1 aliphatic rings. The first kappa shape index (κ1) is 23.9. The van der Waals surface area contributed by atoms with Gasteiger partial charge in [0.15, 0.2) is 17.7 Å². The summed E-state index contributed by atoms with van der Waals surface area (Å²) >= 11 is 0. The molecule has 0 saturated carbocycles. The number of halogens is 2. The van der Waals surface area contributed by atoms with Gasteiger partial charge in [0, 0.05) is 29.4 Å². The lowest BCUT2D eigenvalue weighted by atomic mass is 10.0. The monoisotopic (exact) mass is 464 g/mol. The molecule has 172 valence electrons. The van der Waals surface area contributed by atoms with E-state index in [1.807, 2.05) is 0 Å². The summed E-state index contributed by atoms with van der Waals surface area (Å²) in [6, 6.07) is 9.27. The van der Waals surface area contributed by atoms with Gasteiger partial charge in [0.25, 0.3) is 5.91 Å². The number of nitrogens with zero attached hydrogens (tertiary/aromatic N) is 1. The van der Waals surface area contributed by atoms with E-state index in [9.17, 15) is 14.2 Å². The third kappa shape index (κ3) is 5.01. The Bertz CT molecular complexity index is 1110. The highest BCUT2D eigenvalue weighted by Crippen LogP contribution is 2.40. The van der Waals surface area contributed by atoms with Crippen LogP contribution in [0.3, 0.4) is 0 Å². The fourth-order valence-corrected chi connectivity index (χ4v) is 4.81. The molecule has 2 aromatic rings. The van der Waals surface area contributed by atoms with Crippen molar-refractivity contribution in [3.05, 3.63) is 48.0 Å². The van der Waals surface area contributed by atoms with Gasteiger partial charge in [-0.05, 0) is 51.8 Å². The second-order valence-electron chi connectivity index (χ2n) is 9.18. The molecule has 0 unspecified atom stereocenters. The summed E-state index contributed by atoms with van der Waals surface area (Å²) in [5.41, 5.74) is -0.459. The van der Waals surface area contributed by atoms with E-state index >= 15 is 8.78 Å². The lowest BCUT2D eigenvalue weighted by Crippen LogP contribution is -2.43. The van der Waals surface area contributed by atoms with Gasteiger partial charge in [-0.3, -0.25) is 4.79 Å². The molecule has 9 heteroatoms. The predicted molar refractivity (Wildman–Crippen MR) is 121 cm³/mol. The van der Waals surface area contributed by atoms with E-state index in [0.717, 1.165) is 4.90 Å². The summed E-state index contributed by atoms with van der Waals surface area (Å²) in [5, 5.41) is 3.04. The van der Waals surface area contributed by atoms with Crippen LogP contribution in [0.4, 0.5) is 19.3 Å². The molecule has 1 fully saturated rings. The standard InChI is InChI=1S/C23H27F2N2O4P/c1-23(2,3)26-22(29)31-17-12-13-27(21(17)28)16-11-10-15(19(24)20(16)25)14-8-6-7-9-18(14)32(4,5)30/h6-11,17H,12-13H2,1-5H3,(H,26,29)/t17-/m1/s1. The molecule has 0 aliphatic carbocycles. The Hall–Kier alpha value is -2.73. The van der Waals surface area contributed by atoms with Gasteiger partial charge in [-0.15, -0.1) is 0 Å². The first-order chi connectivity index (χ1) is 14.8. The first-order valence-corrected chi connectivity index (χ1v) is 12.8. The molecular weight excluding hydrogens is 437 g/mol. The van der Waals surface area contributed by atoms with Crippen LogP contribution in [0.25, 0.3) is 11.1 Å². The van der Waals surface area contributed by atoms with Crippen LogP contribution < -0.4 is 15.5 Å². The molecule has 32 heavy (non-hydrogen) atoms. The van der Waals surface area contributed by atoms with Gasteiger partial charge < -0.3 is 19.5 Å². The highest BCUT2D eigenvalue weighted by Gasteiger charge is 2.38. The van der Waals surface area contributed by atoms with E-state index in [-0.39, 0.29) is 24.2 Å². The molecule has 1 saturated heterocycles. The quantitative estimate of drug-likeness (QED) is 0.676. The van der Waals surface area contributed by atoms with Crippen LogP contribution in [0.1, 0.15) is 27.2 Å². The molecule has 0 bridgehead atoms. The molecule has 1 aliphatic heterocycles. The Morgan fingerprint density at radius 2 is 1.75 bits per heavy atom. The summed E-state index contributed by atoms with van der Waals surface area (Å²) in [7, 11) is -2.74. The fraction of sp³-hybridized carbons (Fsp3) is 0.391. The van der Waals surface area contributed by atoms with Crippen molar-refractivity contribution >= 4 is 30.1 Å². The fourth-order valence-electron chi connectivity index (χ4n) is 3.59. The van der Waals surface area contributed by atoms with Crippen molar-refractivity contribution in [1.82, 2.24) is 5.32 Å². The molecule has 1 atom stereocenters. The van der Waals surface area contributed by atoms with Crippen molar-refractivity contribution in [2.75, 3.05) is 24.8 Å². The Morgan fingerprint density at radius 3 is 2.38 bits per heavy atom. The first-order valence-electron chi connectivity index (χ1n) is 10.2. The van der Waals surface area contributed by atoms with Gasteiger partial charge in [0.2, 0.25) is 0 Å². The number of alkyl carbamates (subject to hydrolysis) is 1. The molecule has 0 radical (unpaired) electrons. The van der Waals surface area contributed by atoms with Crippen molar-refractivity contribution < 1.29 is 27.7 Å². The molecule has 1 N–H and O–H groups in total. The Kier molecular flexibility index (Phi) is 6.47. The van der Waals surface area contributed by atoms with E-state index in [1.54, 1.807) is 58.4 Å². The zero-order valence-electron chi connectivity index (χ0n) is 18.7. The zero-order valence-corrected chi connectivity index (χ0v) is 19.6. The minimum absolute atomic E-state index is 0.0326. The maximum Gasteiger partial charge on any atom is 0.408 e. The van der Waals surface area contributed by atoms with Crippen molar-refractivity contribution in [2.45, 2.75) is 38.8 Å². The molecule has 1 heterocycles. The van der Waals surface area contributed by atoms with Crippen molar-refractivity contribution in [3.8, 4) is 11.1 Å². The topological polar surface area (TPSA) is 75.7 Å². The number of amides is 2. The number of nitrogens with one attached hydrogen (secondary N) is 1. The summed E-state index contributed by atoms with van der Waals surface area (Å²) in [6.45, 7) is 8.51. The van der Waals surface area contributed by atoms with Gasteiger partial charge >= 0.3 is 6.09 Å². The second kappa shape index (κ2) is 8.66. The average molecular weight is 464 g/mol. The minimum Gasteiger partial charge on any atom is -0.436 e. The van der Waals surface area contributed by atoms with E-state index in [4.69, 9.17) is 4.74 Å². The molecule has 0 spiro atoms. The number of ether oxygens (including phenoxy) is 1. The highest BCUT2D eigenvalue weighted by atomic mass is 31.2. The van der Waals surface area contributed by atoms with E-state index in [1.165, 1.54) is 12.1 Å². The van der Waals surface area contributed by atoms with Gasteiger partial charge in [-0.2, -0.15) is 0 Å². The molecule has 6 nitrogen and oxygen atoms in total. The van der Waals surface area contributed by atoms with Gasteiger partial charge in [-0.25, -0.2) is 13.6 Å². The summed E-state index contributed by atoms with van der Waals surface area (Å²) < 4.78 is 47.9. The van der Waals surface area contributed by atoms with Gasteiger partial charge in [0.1, 0.15) is 7.14 Å². The normalized spacial score (nSPS) is 16.9. The number of carbonyl (C=O) groups is 2. The van der Waals surface area contributed by atoms with E-state index in [0.29, 0.717) is 10.9 Å². The maximum absolute atomic E-state index is 15.1. The van der Waals surface area contributed by atoms with Crippen molar-refractivity contribution in [2.24, 2.45) is 0 Å². The minimum atomic E-state index is -2.74. The van der Waals surface area contributed by atoms with Crippen LogP contribution in [0, 0.1) is 11.6 Å². The van der Waals surface area contributed by atoms with Crippen LogP contribution in [-0.2, 0) is 14.1 Å². The lowest BCUT2D eigenvalue weighted by molar-refractivity contribution is -0.124. The largest absolute Gasteiger partial charge is 0.436 e. The van der Waals surface area contributed by atoms with E-state index < -0.39 is 42.4 Å². The van der Waals surface area contributed by atoms with Crippen LogP contribution in [-0.4, -0.2) is 43.5 Å². The smallest absolute Gasteiger partial charge is 0.408 e. The number of benzene rings is 2. The van der Waals surface area contributed by atoms with Gasteiger partial charge in [-0.1, -0.05) is 24.3 Å². The SMILES string of the molecule is CC(C)(C)NC(=O)O[C@@H]1CCN(c2ccc(-c3ccccc3P(C)(C)=O)c(F)c2F)C1=O. The Labute approximate surface area is 186 Å². The number of rotatable bonds is 4. The number of carbonyl (C=O) groups excluding carboxylic acids is 2.